The maximum Gasteiger partial charge on any atom is 0.433 e. The Morgan fingerprint density at radius 3 is 2.71 bits per heavy atom. The van der Waals surface area contributed by atoms with E-state index in [4.69, 9.17) is 0 Å². The molecule has 1 aliphatic rings. The average molecular weight is 455 g/mol. The van der Waals surface area contributed by atoms with Gasteiger partial charge in [-0.15, -0.1) is 11.3 Å². The lowest BCUT2D eigenvalue weighted by atomic mass is 10.1. The molecule has 1 amide bonds. The minimum absolute atomic E-state index is 0.113. The number of nitrogens with zero attached hydrogens (tertiary/aromatic N) is 2. The van der Waals surface area contributed by atoms with Gasteiger partial charge in [-0.3, -0.25) is 4.79 Å². The number of amides is 1. The molecule has 0 spiro atoms. The Bertz CT molecular complexity index is 1140. The van der Waals surface area contributed by atoms with Crippen LogP contribution in [-0.4, -0.2) is 30.5 Å². The van der Waals surface area contributed by atoms with Crippen LogP contribution in [0.4, 0.5) is 27.6 Å². The lowest BCUT2D eigenvalue weighted by Gasteiger charge is -2.19. The number of hydrogen-bond donors (Lipinski definition) is 1. The molecule has 4 nitrogen and oxygen atoms in total. The maximum absolute atomic E-state index is 13.5. The fourth-order valence-electron chi connectivity index (χ4n) is 3.71. The molecule has 3 heterocycles. The van der Waals surface area contributed by atoms with Gasteiger partial charge in [-0.1, -0.05) is 0 Å². The number of hydrogen-bond acceptors (Lipinski definition) is 4. The number of pyridine rings is 1. The Hall–Kier alpha value is -2.75. The van der Waals surface area contributed by atoms with E-state index in [-0.39, 0.29) is 16.7 Å². The van der Waals surface area contributed by atoms with Crippen molar-refractivity contribution in [3.8, 4) is 0 Å². The number of halogens is 5. The van der Waals surface area contributed by atoms with Crippen molar-refractivity contribution in [3.05, 3.63) is 58.1 Å². The molecule has 3 aromatic rings. The highest BCUT2D eigenvalue weighted by molar-refractivity contribution is 7.20. The van der Waals surface area contributed by atoms with Gasteiger partial charge in [0.1, 0.15) is 10.5 Å². The summed E-state index contributed by atoms with van der Waals surface area (Å²) >= 11 is 0.934. The molecule has 0 saturated carbocycles. The number of nitrogens with one attached hydrogen (secondary N) is 1. The van der Waals surface area contributed by atoms with Gasteiger partial charge in [0, 0.05) is 36.8 Å². The largest absolute Gasteiger partial charge is 0.433 e. The highest BCUT2D eigenvalue weighted by Crippen LogP contribution is 2.34. The summed E-state index contributed by atoms with van der Waals surface area (Å²) in [6.07, 6.45) is -3.78. The summed E-state index contributed by atoms with van der Waals surface area (Å²) in [5.41, 5.74) is 0.185. The molecule has 1 aromatic carbocycles. The minimum Gasteiger partial charge on any atom is -0.371 e. The first kappa shape index (κ1) is 21.5. The Labute approximate surface area is 178 Å². The highest BCUT2D eigenvalue weighted by atomic mass is 32.1. The van der Waals surface area contributed by atoms with Gasteiger partial charge in [-0.05, 0) is 49.1 Å². The van der Waals surface area contributed by atoms with Crippen molar-refractivity contribution >= 4 is 33.1 Å². The molecule has 4 rings (SSSR count). The van der Waals surface area contributed by atoms with Crippen molar-refractivity contribution in [1.29, 1.82) is 0 Å². The third kappa shape index (κ3) is 4.34. The van der Waals surface area contributed by atoms with Crippen molar-refractivity contribution in [3.63, 3.8) is 0 Å². The Kier molecular flexibility index (Phi) is 5.59. The van der Waals surface area contributed by atoms with Gasteiger partial charge in [0.05, 0.1) is 4.88 Å². The predicted octanol–water partition coefficient (Wildman–Crippen LogP) is 5.16. The SMILES string of the molecule is Cc1c(C(=O)NCC2CCN(c3ccc(F)c(F)c3)C2)sc2nc(C(F)(F)F)ccc12. The Morgan fingerprint density at radius 2 is 2.00 bits per heavy atom. The number of rotatable bonds is 4. The third-order valence-corrected chi connectivity index (χ3v) is 6.61. The predicted molar refractivity (Wildman–Crippen MR) is 108 cm³/mol. The van der Waals surface area contributed by atoms with E-state index in [2.05, 4.69) is 10.3 Å². The number of carbonyl (C=O) groups is 1. The Morgan fingerprint density at radius 1 is 1.23 bits per heavy atom. The number of anilines is 1. The van der Waals surface area contributed by atoms with Crippen LogP contribution in [0.2, 0.25) is 0 Å². The van der Waals surface area contributed by atoms with E-state index in [0.29, 0.717) is 41.1 Å². The van der Waals surface area contributed by atoms with Crippen molar-refractivity contribution in [2.75, 3.05) is 24.5 Å². The van der Waals surface area contributed by atoms with E-state index in [1.165, 1.54) is 12.1 Å². The van der Waals surface area contributed by atoms with Gasteiger partial charge in [-0.2, -0.15) is 13.2 Å². The molecule has 1 fully saturated rings. The molecule has 0 radical (unpaired) electrons. The second kappa shape index (κ2) is 8.07. The van der Waals surface area contributed by atoms with E-state index < -0.39 is 23.5 Å². The zero-order valence-electron chi connectivity index (χ0n) is 16.4. The van der Waals surface area contributed by atoms with Gasteiger partial charge >= 0.3 is 6.18 Å². The number of aromatic nitrogens is 1. The number of alkyl halides is 3. The fraction of sp³-hybridized carbons (Fsp3) is 0.333. The third-order valence-electron chi connectivity index (χ3n) is 5.41. The summed E-state index contributed by atoms with van der Waals surface area (Å²) < 4.78 is 65.3. The van der Waals surface area contributed by atoms with Crippen molar-refractivity contribution < 1.29 is 26.7 Å². The second-order valence-corrected chi connectivity index (χ2v) is 8.51. The molecule has 0 aliphatic carbocycles. The zero-order chi connectivity index (χ0) is 22.3. The molecule has 0 bridgehead atoms. The monoisotopic (exact) mass is 455 g/mol. The number of carbonyl (C=O) groups excluding carboxylic acids is 1. The normalized spacial score (nSPS) is 16.8. The lowest BCUT2D eigenvalue weighted by Crippen LogP contribution is -2.30. The average Bonchev–Trinajstić information content (AvgIpc) is 3.32. The molecular formula is C21H18F5N3OS. The van der Waals surface area contributed by atoms with Crippen LogP contribution in [0.3, 0.4) is 0 Å². The van der Waals surface area contributed by atoms with Crippen LogP contribution >= 0.6 is 11.3 Å². The van der Waals surface area contributed by atoms with E-state index in [0.717, 1.165) is 36.0 Å². The molecule has 31 heavy (non-hydrogen) atoms. The van der Waals surface area contributed by atoms with Gasteiger partial charge in [-0.25, -0.2) is 13.8 Å². The van der Waals surface area contributed by atoms with Crippen LogP contribution in [0.25, 0.3) is 10.2 Å². The first-order valence-corrected chi connectivity index (χ1v) is 10.4. The van der Waals surface area contributed by atoms with Crippen LogP contribution in [0.15, 0.2) is 30.3 Å². The van der Waals surface area contributed by atoms with Crippen LogP contribution < -0.4 is 10.2 Å². The van der Waals surface area contributed by atoms with Crippen LogP contribution in [0.1, 0.15) is 27.3 Å². The summed E-state index contributed by atoms with van der Waals surface area (Å²) in [7, 11) is 0. The van der Waals surface area contributed by atoms with Crippen molar-refractivity contribution in [2.24, 2.45) is 5.92 Å². The standard InChI is InChI=1S/C21H18F5N3OS/c1-11-14-3-5-17(21(24,25)26)28-20(14)31-18(11)19(30)27-9-12-6-7-29(10-12)13-2-4-15(22)16(23)8-13/h2-5,8,12H,6-7,9-10H2,1H3,(H,27,30). The smallest absolute Gasteiger partial charge is 0.371 e. The number of aryl methyl sites for hydroxylation is 1. The molecule has 1 saturated heterocycles. The topological polar surface area (TPSA) is 45.2 Å². The molecule has 1 atom stereocenters. The first-order valence-electron chi connectivity index (χ1n) is 9.59. The molecule has 164 valence electrons. The van der Waals surface area contributed by atoms with Gasteiger partial charge in [0.15, 0.2) is 11.6 Å². The highest BCUT2D eigenvalue weighted by Gasteiger charge is 2.33. The zero-order valence-corrected chi connectivity index (χ0v) is 17.2. The summed E-state index contributed by atoms with van der Waals surface area (Å²) in [5, 5.41) is 3.36. The van der Waals surface area contributed by atoms with Crippen LogP contribution in [0, 0.1) is 24.5 Å². The quantitative estimate of drug-likeness (QED) is 0.553. The van der Waals surface area contributed by atoms with Crippen molar-refractivity contribution in [2.45, 2.75) is 19.5 Å². The van der Waals surface area contributed by atoms with Crippen LogP contribution in [-0.2, 0) is 6.18 Å². The van der Waals surface area contributed by atoms with Gasteiger partial charge in [0.25, 0.3) is 5.91 Å². The molecular weight excluding hydrogens is 437 g/mol. The Balaban J connectivity index is 1.41. The molecule has 1 aliphatic heterocycles. The summed E-state index contributed by atoms with van der Waals surface area (Å²) in [4.78, 5) is 18.7. The fourth-order valence-corrected chi connectivity index (χ4v) is 4.80. The van der Waals surface area contributed by atoms with Gasteiger partial charge < -0.3 is 10.2 Å². The summed E-state index contributed by atoms with van der Waals surface area (Å²) in [5.74, 6) is -2.05. The minimum atomic E-state index is -4.55. The van der Waals surface area contributed by atoms with E-state index in [9.17, 15) is 26.7 Å². The lowest BCUT2D eigenvalue weighted by molar-refractivity contribution is -0.140. The molecule has 10 heteroatoms. The molecule has 2 aromatic heterocycles. The number of thiophene rings is 1. The molecule has 1 unspecified atom stereocenters. The number of fused-ring (bicyclic) bond motifs is 1. The van der Waals surface area contributed by atoms with Crippen molar-refractivity contribution in [1.82, 2.24) is 10.3 Å². The van der Waals surface area contributed by atoms with Gasteiger partial charge in [0.2, 0.25) is 0 Å². The molecule has 1 N–H and O–H groups in total. The van der Waals surface area contributed by atoms with E-state index >= 15 is 0 Å². The van der Waals surface area contributed by atoms with E-state index in [1.54, 1.807) is 6.92 Å². The summed E-state index contributed by atoms with van der Waals surface area (Å²) in [6.45, 7) is 3.28. The summed E-state index contributed by atoms with van der Waals surface area (Å²) in [6, 6.07) is 6.00. The van der Waals surface area contributed by atoms with Crippen LogP contribution in [0.5, 0.6) is 0 Å². The number of benzene rings is 1. The van der Waals surface area contributed by atoms with E-state index in [1.807, 2.05) is 4.90 Å². The first-order chi connectivity index (χ1) is 14.6. The second-order valence-electron chi connectivity index (χ2n) is 7.51. The maximum atomic E-state index is 13.5.